The number of halogens is 1. The number of aromatic carboxylic acids is 1. The maximum atomic E-state index is 15.2. The Hall–Kier alpha value is -1.95. The number of rotatable bonds is 2. The van der Waals surface area contributed by atoms with Gasteiger partial charge in [0.2, 0.25) is 0 Å². The molecular formula is C17H21FN2O3. The van der Waals surface area contributed by atoms with E-state index in [1.807, 2.05) is 11.9 Å². The minimum atomic E-state index is -1.79. The molecule has 2 atom stereocenters. The Morgan fingerprint density at radius 1 is 1.30 bits per heavy atom. The molecule has 1 aromatic carbocycles. The van der Waals surface area contributed by atoms with Crippen LogP contribution in [-0.4, -0.2) is 54.2 Å². The van der Waals surface area contributed by atoms with Gasteiger partial charge in [0.05, 0.1) is 5.56 Å². The fourth-order valence-corrected chi connectivity index (χ4v) is 3.71. The summed E-state index contributed by atoms with van der Waals surface area (Å²) in [5.74, 6) is -1.82. The maximum absolute atomic E-state index is 15.2. The van der Waals surface area contributed by atoms with Crippen molar-refractivity contribution >= 4 is 17.6 Å². The molecular weight excluding hydrogens is 299 g/mol. The number of hydrogen-bond acceptors (Lipinski definition) is 3. The molecule has 0 spiro atoms. The number of carbonyl (C=O) groups excluding carboxylic acids is 1. The zero-order valence-electron chi connectivity index (χ0n) is 13.6. The number of amides is 1. The molecule has 2 saturated heterocycles. The van der Waals surface area contributed by atoms with Crippen molar-refractivity contribution in [3.8, 4) is 0 Å². The van der Waals surface area contributed by atoms with Gasteiger partial charge in [-0.15, -0.1) is 0 Å². The molecule has 0 unspecified atom stereocenters. The van der Waals surface area contributed by atoms with Crippen LogP contribution in [0.2, 0.25) is 0 Å². The van der Waals surface area contributed by atoms with Gasteiger partial charge in [-0.1, -0.05) is 0 Å². The third-order valence-corrected chi connectivity index (χ3v) is 5.10. The van der Waals surface area contributed by atoms with Crippen molar-refractivity contribution in [1.82, 2.24) is 4.90 Å². The van der Waals surface area contributed by atoms with Gasteiger partial charge in [0.25, 0.3) is 5.91 Å². The van der Waals surface area contributed by atoms with Crippen LogP contribution < -0.4 is 4.90 Å². The fraction of sp³-hybridized carbons (Fsp3) is 0.529. The Kier molecular flexibility index (Phi) is 3.67. The maximum Gasteiger partial charge on any atom is 0.335 e. The van der Waals surface area contributed by atoms with Crippen LogP contribution in [0.15, 0.2) is 12.1 Å². The van der Waals surface area contributed by atoms with Crippen molar-refractivity contribution < 1.29 is 19.1 Å². The Morgan fingerprint density at radius 3 is 2.65 bits per heavy atom. The van der Waals surface area contributed by atoms with Crippen molar-refractivity contribution in [2.75, 3.05) is 31.6 Å². The third kappa shape index (κ3) is 2.41. The van der Waals surface area contributed by atoms with E-state index >= 15 is 4.39 Å². The van der Waals surface area contributed by atoms with Crippen molar-refractivity contribution in [2.45, 2.75) is 25.9 Å². The monoisotopic (exact) mass is 320 g/mol. The first-order valence-corrected chi connectivity index (χ1v) is 7.78. The van der Waals surface area contributed by atoms with E-state index in [4.69, 9.17) is 0 Å². The van der Waals surface area contributed by atoms with E-state index in [9.17, 15) is 14.7 Å². The van der Waals surface area contributed by atoms with Crippen molar-refractivity contribution in [3.05, 3.63) is 28.8 Å². The number of hydrogen-bond donors (Lipinski definition) is 1. The number of carboxylic acid groups (broad SMARTS) is 1. The summed E-state index contributed by atoms with van der Waals surface area (Å²) in [5.41, 5.74) is 0.289. The summed E-state index contributed by atoms with van der Waals surface area (Å²) in [6.07, 6.45) is 0.217. The van der Waals surface area contributed by atoms with Crippen LogP contribution in [0, 0.1) is 19.8 Å². The molecule has 0 aliphatic carbocycles. The first-order valence-electron chi connectivity index (χ1n) is 7.78. The number of alkyl halides is 1. The summed E-state index contributed by atoms with van der Waals surface area (Å²) >= 11 is 0. The molecule has 124 valence electrons. The summed E-state index contributed by atoms with van der Waals surface area (Å²) in [6, 6.07) is 3.24. The zero-order valence-corrected chi connectivity index (χ0v) is 13.6. The Morgan fingerprint density at radius 2 is 2.00 bits per heavy atom. The van der Waals surface area contributed by atoms with E-state index in [0.717, 1.165) is 0 Å². The van der Waals surface area contributed by atoms with Crippen LogP contribution in [0.25, 0.3) is 0 Å². The molecule has 0 saturated carbocycles. The molecule has 2 aliphatic heterocycles. The summed E-state index contributed by atoms with van der Waals surface area (Å²) in [6.45, 7) is 4.92. The molecule has 3 rings (SSSR count). The van der Waals surface area contributed by atoms with Crippen LogP contribution in [0.4, 0.5) is 10.1 Å². The number of fused-ring (bicyclic) bond motifs is 1. The lowest BCUT2D eigenvalue weighted by Gasteiger charge is -2.34. The molecule has 1 amide bonds. The Bertz CT molecular complexity index is 691. The van der Waals surface area contributed by atoms with E-state index in [1.54, 1.807) is 26.0 Å². The summed E-state index contributed by atoms with van der Waals surface area (Å²) < 4.78 is 15.2. The van der Waals surface area contributed by atoms with Crippen LogP contribution in [0.5, 0.6) is 0 Å². The van der Waals surface area contributed by atoms with Gasteiger partial charge in [-0.25, -0.2) is 9.18 Å². The number of nitrogens with zero attached hydrogens (tertiary/aromatic N) is 2. The van der Waals surface area contributed by atoms with E-state index in [2.05, 4.69) is 0 Å². The Labute approximate surface area is 134 Å². The van der Waals surface area contributed by atoms with Crippen LogP contribution in [0.3, 0.4) is 0 Å². The second kappa shape index (κ2) is 5.30. The van der Waals surface area contributed by atoms with Gasteiger partial charge in [-0.05, 0) is 44.2 Å². The number of benzene rings is 1. The SMILES string of the molecule is Cc1cc(N2C[C@@H]3CN(C)CC[C@]3(F)C2=O)c(C)cc1C(=O)O. The van der Waals surface area contributed by atoms with Gasteiger partial charge in [-0.2, -0.15) is 0 Å². The fourth-order valence-electron chi connectivity index (χ4n) is 3.71. The molecule has 5 nitrogen and oxygen atoms in total. The molecule has 1 N–H and O–H groups in total. The van der Waals surface area contributed by atoms with Gasteiger partial charge in [0, 0.05) is 37.7 Å². The predicted molar refractivity (Wildman–Crippen MR) is 84.7 cm³/mol. The number of piperidine rings is 1. The van der Waals surface area contributed by atoms with Crippen molar-refractivity contribution in [1.29, 1.82) is 0 Å². The molecule has 6 heteroatoms. The molecule has 2 fully saturated rings. The number of carbonyl (C=O) groups is 2. The van der Waals surface area contributed by atoms with Gasteiger partial charge in [0.15, 0.2) is 5.67 Å². The zero-order chi connectivity index (χ0) is 16.9. The normalized spacial score (nSPS) is 28.1. The van der Waals surface area contributed by atoms with Gasteiger partial charge in [-0.3, -0.25) is 4.79 Å². The second-order valence-electron chi connectivity index (χ2n) is 6.75. The average Bonchev–Trinajstić information content (AvgIpc) is 2.73. The molecule has 0 bridgehead atoms. The van der Waals surface area contributed by atoms with Crippen LogP contribution in [-0.2, 0) is 4.79 Å². The van der Waals surface area contributed by atoms with E-state index in [1.165, 1.54) is 4.90 Å². The standard InChI is InChI=1S/C17H21FN2O3/c1-10-7-14(11(2)6-13(10)15(21)22)20-9-12-8-19(3)5-4-17(12,18)16(20)23/h6-7,12H,4-5,8-9H2,1-3H3,(H,21,22)/t12-,17+/m0/s1. The lowest BCUT2D eigenvalue weighted by atomic mass is 9.85. The molecule has 2 aliphatic rings. The summed E-state index contributed by atoms with van der Waals surface area (Å²) in [4.78, 5) is 27.4. The first kappa shape index (κ1) is 15.9. The first-order chi connectivity index (χ1) is 10.7. The number of aryl methyl sites for hydroxylation is 2. The quantitative estimate of drug-likeness (QED) is 0.905. The molecule has 0 radical (unpaired) electrons. The average molecular weight is 320 g/mol. The number of anilines is 1. The molecule has 1 aromatic rings. The van der Waals surface area contributed by atoms with Crippen molar-refractivity contribution in [3.63, 3.8) is 0 Å². The third-order valence-electron chi connectivity index (χ3n) is 5.10. The predicted octanol–water partition coefficient (Wildman–Crippen LogP) is 2.01. The highest BCUT2D eigenvalue weighted by Gasteiger charge is 2.57. The molecule has 2 heterocycles. The molecule has 0 aromatic heterocycles. The number of carboxylic acids is 1. The van der Waals surface area contributed by atoms with E-state index in [0.29, 0.717) is 36.4 Å². The highest BCUT2D eigenvalue weighted by Crippen LogP contribution is 2.42. The summed E-state index contributed by atoms with van der Waals surface area (Å²) in [5, 5.41) is 9.19. The smallest absolute Gasteiger partial charge is 0.335 e. The lowest BCUT2D eigenvalue weighted by Crippen LogP contribution is -2.49. The highest BCUT2D eigenvalue weighted by molar-refractivity contribution is 6.03. The number of likely N-dealkylation sites (tertiary alicyclic amines) is 1. The topological polar surface area (TPSA) is 60.9 Å². The lowest BCUT2D eigenvalue weighted by molar-refractivity contribution is -0.131. The second-order valence-corrected chi connectivity index (χ2v) is 6.75. The van der Waals surface area contributed by atoms with Crippen LogP contribution >= 0.6 is 0 Å². The Balaban J connectivity index is 1.99. The van der Waals surface area contributed by atoms with E-state index < -0.39 is 17.5 Å². The largest absolute Gasteiger partial charge is 0.478 e. The van der Waals surface area contributed by atoms with Gasteiger partial charge >= 0.3 is 5.97 Å². The van der Waals surface area contributed by atoms with Gasteiger partial charge < -0.3 is 14.9 Å². The minimum absolute atomic E-state index is 0.213. The summed E-state index contributed by atoms with van der Waals surface area (Å²) in [7, 11) is 1.93. The van der Waals surface area contributed by atoms with E-state index in [-0.39, 0.29) is 17.9 Å². The minimum Gasteiger partial charge on any atom is -0.478 e. The van der Waals surface area contributed by atoms with Crippen molar-refractivity contribution in [2.24, 2.45) is 5.92 Å². The molecule has 23 heavy (non-hydrogen) atoms. The van der Waals surface area contributed by atoms with Crippen LogP contribution in [0.1, 0.15) is 27.9 Å². The highest BCUT2D eigenvalue weighted by atomic mass is 19.1. The van der Waals surface area contributed by atoms with Gasteiger partial charge in [0.1, 0.15) is 0 Å².